The van der Waals surface area contributed by atoms with Crippen molar-refractivity contribution in [3.05, 3.63) is 34.9 Å². The Morgan fingerprint density at radius 3 is 2.36 bits per heavy atom. The van der Waals surface area contributed by atoms with E-state index in [1.54, 1.807) is 24.3 Å². The van der Waals surface area contributed by atoms with E-state index in [9.17, 15) is 14.4 Å². The van der Waals surface area contributed by atoms with Crippen molar-refractivity contribution in [3.8, 4) is 0 Å². The second-order valence-corrected chi connectivity index (χ2v) is 6.91. The maximum absolute atomic E-state index is 12.1. The minimum absolute atomic E-state index is 0.0357. The standard InChI is InChI=1S/C18H23ClN2O4/c19-14-7-5-13(6-8-14)17(25)20-11-3-4-15(22)21-18(12-16(23)24)9-1-2-10-18/h5-8H,1-4,9-12H2,(H,20,25)(H,21,22)(H,23,24). The number of rotatable bonds is 8. The minimum atomic E-state index is -0.891. The van der Waals surface area contributed by atoms with Gasteiger partial charge in [0.2, 0.25) is 5.91 Å². The van der Waals surface area contributed by atoms with E-state index in [-0.39, 0.29) is 24.7 Å². The molecule has 6 nitrogen and oxygen atoms in total. The first kappa shape index (κ1) is 19.2. The van der Waals surface area contributed by atoms with Crippen LogP contribution in [0.1, 0.15) is 55.3 Å². The molecular formula is C18H23ClN2O4. The van der Waals surface area contributed by atoms with Gasteiger partial charge >= 0.3 is 5.97 Å². The first-order valence-electron chi connectivity index (χ1n) is 8.47. The van der Waals surface area contributed by atoms with Crippen LogP contribution in [0.15, 0.2) is 24.3 Å². The molecule has 1 aromatic carbocycles. The second-order valence-electron chi connectivity index (χ2n) is 6.47. The quantitative estimate of drug-likeness (QED) is 0.616. The highest BCUT2D eigenvalue weighted by molar-refractivity contribution is 6.30. The summed E-state index contributed by atoms with van der Waals surface area (Å²) in [6, 6.07) is 6.57. The van der Waals surface area contributed by atoms with Crippen LogP contribution in [-0.2, 0) is 9.59 Å². The van der Waals surface area contributed by atoms with E-state index in [1.807, 2.05) is 0 Å². The second kappa shape index (κ2) is 8.85. The van der Waals surface area contributed by atoms with E-state index in [4.69, 9.17) is 16.7 Å². The smallest absolute Gasteiger partial charge is 0.305 e. The highest BCUT2D eigenvalue weighted by Crippen LogP contribution is 2.32. The van der Waals surface area contributed by atoms with Crippen molar-refractivity contribution in [2.75, 3.05) is 6.54 Å². The van der Waals surface area contributed by atoms with Gasteiger partial charge < -0.3 is 15.7 Å². The van der Waals surface area contributed by atoms with E-state index in [1.165, 1.54) is 0 Å². The topological polar surface area (TPSA) is 95.5 Å². The van der Waals surface area contributed by atoms with Crippen LogP contribution in [0.4, 0.5) is 0 Å². The predicted molar refractivity (Wildman–Crippen MR) is 94.6 cm³/mol. The van der Waals surface area contributed by atoms with E-state index in [0.29, 0.717) is 36.4 Å². The average molecular weight is 367 g/mol. The maximum atomic E-state index is 12.1. The molecule has 1 aliphatic rings. The SMILES string of the molecule is O=C(O)CC1(NC(=O)CCCNC(=O)c2ccc(Cl)cc2)CCCC1. The normalized spacial score (nSPS) is 15.6. The fourth-order valence-corrected chi connectivity index (χ4v) is 3.33. The zero-order valence-electron chi connectivity index (χ0n) is 14.0. The van der Waals surface area contributed by atoms with Gasteiger partial charge in [-0.25, -0.2) is 0 Å². The zero-order valence-corrected chi connectivity index (χ0v) is 14.8. The monoisotopic (exact) mass is 366 g/mol. The summed E-state index contributed by atoms with van der Waals surface area (Å²) in [5, 5.41) is 15.3. The lowest BCUT2D eigenvalue weighted by Gasteiger charge is -2.28. The molecule has 1 fully saturated rings. The molecule has 1 aromatic rings. The largest absolute Gasteiger partial charge is 0.481 e. The van der Waals surface area contributed by atoms with Crippen molar-refractivity contribution in [2.45, 2.75) is 50.5 Å². The average Bonchev–Trinajstić information content (AvgIpc) is 2.99. The molecule has 2 rings (SSSR count). The maximum Gasteiger partial charge on any atom is 0.305 e. The molecule has 0 spiro atoms. The van der Waals surface area contributed by atoms with E-state index < -0.39 is 11.5 Å². The number of nitrogens with one attached hydrogen (secondary N) is 2. The Kier molecular flexibility index (Phi) is 6.82. The Morgan fingerprint density at radius 2 is 1.76 bits per heavy atom. The van der Waals surface area contributed by atoms with Crippen LogP contribution in [0.5, 0.6) is 0 Å². The van der Waals surface area contributed by atoms with Crippen LogP contribution >= 0.6 is 11.6 Å². The molecule has 0 unspecified atom stereocenters. The molecule has 0 aliphatic heterocycles. The van der Waals surface area contributed by atoms with Crippen LogP contribution in [0.2, 0.25) is 5.02 Å². The van der Waals surface area contributed by atoms with Crippen LogP contribution in [-0.4, -0.2) is 35.0 Å². The number of carboxylic acid groups (broad SMARTS) is 1. The van der Waals surface area contributed by atoms with Crippen LogP contribution < -0.4 is 10.6 Å². The third-order valence-electron chi connectivity index (χ3n) is 4.43. The molecule has 0 bridgehead atoms. The van der Waals surface area contributed by atoms with Crippen molar-refractivity contribution < 1.29 is 19.5 Å². The third-order valence-corrected chi connectivity index (χ3v) is 4.68. The molecule has 2 amide bonds. The van der Waals surface area contributed by atoms with Crippen molar-refractivity contribution in [3.63, 3.8) is 0 Å². The Balaban J connectivity index is 1.72. The summed E-state index contributed by atoms with van der Waals surface area (Å²) in [7, 11) is 0. The van der Waals surface area contributed by atoms with Gasteiger partial charge in [-0.15, -0.1) is 0 Å². The van der Waals surface area contributed by atoms with Crippen LogP contribution in [0, 0.1) is 0 Å². The number of benzene rings is 1. The molecule has 1 aliphatic carbocycles. The number of amides is 2. The van der Waals surface area contributed by atoms with Gasteiger partial charge in [-0.2, -0.15) is 0 Å². The van der Waals surface area contributed by atoms with E-state index in [2.05, 4.69) is 10.6 Å². The molecule has 0 aromatic heterocycles. The first-order chi connectivity index (χ1) is 11.9. The van der Waals surface area contributed by atoms with Gasteiger partial charge in [-0.3, -0.25) is 14.4 Å². The van der Waals surface area contributed by atoms with Crippen LogP contribution in [0.3, 0.4) is 0 Å². The summed E-state index contributed by atoms with van der Waals surface area (Å²) < 4.78 is 0. The highest BCUT2D eigenvalue weighted by atomic mass is 35.5. The zero-order chi connectivity index (χ0) is 18.3. The molecule has 7 heteroatoms. The molecule has 3 N–H and O–H groups in total. The number of hydrogen-bond donors (Lipinski definition) is 3. The Hall–Kier alpha value is -2.08. The van der Waals surface area contributed by atoms with Crippen molar-refractivity contribution >= 4 is 29.4 Å². The molecule has 0 radical (unpaired) electrons. The van der Waals surface area contributed by atoms with Gasteiger partial charge in [0.25, 0.3) is 5.91 Å². The molecule has 0 heterocycles. The summed E-state index contributed by atoms with van der Waals surface area (Å²) in [5.74, 6) is -1.27. The van der Waals surface area contributed by atoms with Crippen molar-refractivity contribution in [2.24, 2.45) is 0 Å². The van der Waals surface area contributed by atoms with E-state index >= 15 is 0 Å². The van der Waals surface area contributed by atoms with Crippen LogP contribution in [0.25, 0.3) is 0 Å². The molecule has 25 heavy (non-hydrogen) atoms. The number of hydrogen-bond acceptors (Lipinski definition) is 3. The fraction of sp³-hybridized carbons (Fsp3) is 0.500. The van der Waals surface area contributed by atoms with Gasteiger partial charge in [-0.05, 0) is 43.5 Å². The Bertz CT molecular complexity index is 624. The van der Waals surface area contributed by atoms with Crippen molar-refractivity contribution in [1.82, 2.24) is 10.6 Å². The molecular weight excluding hydrogens is 344 g/mol. The Morgan fingerprint density at radius 1 is 1.12 bits per heavy atom. The Labute approximate surface area is 151 Å². The molecule has 0 atom stereocenters. The summed E-state index contributed by atoms with van der Waals surface area (Å²) in [5.41, 5.74) is -0.0876. The van der Waals surface area contributed by atoms with Gasteiger partial charge in [0.15, 0.2) is 0 Å². The van der Waals surface area contributed by atoms with Gasteiger partial charge in [0.05, 0.1) is 12.0 Å². The number of carbonyl (C=O) groups is 3. The van der Waals surface area contributed by atoms with Gasteiger partial charge in [-0.1, -0.05) is 24.4 Å². The van der Waals surface area contributed by atoms with E-state index in [0.717, 1.165) is 12.8 Å². The predicted octanol–water partition coefficient (Wildman–Crippen LogP) is 2.75. The molecule has 136 valence electrons. The van der Waals surface area contributed by atoms with Crippen molar-refractivity contribution in [1.29, 1.82) is 0 Å². The first-order valence-corrected chi connectivity index (χ1v) is 8.85. The van der Waals surface area contributed by atoms with Gasteiger partial charge in [0, 0.05) is 23.6 Å². The lowest BCUT2D eigenvalue weighted by molar-refractivity contribution is -0.139. The highest BCUT2D eigenvalue weighted by Gasteiger charge is 2.37. The lowest BCUT2D eigenvalue weighted by Crippen LogP contribution is -2.47. The lowest BCUT2D eigenvalue weighted by atomic mass is 9.93. The minimum Gasteiger partial charge on any atom is -0.481 e. The number of aliphatic carboxylic acids is 1. The molecule has 0 saturated heterocycles. The fourth-order valence-electron chi connectivity index (χ4n) is 3.20. The van der Waals surface area contributed by atoms with Gasteiger partial charge in [0.1, 0.15) is 0 Å². The number of carbonyl (C=O) groups excluding carboxylic acids is 2. The number of halogens is 1. The summed E-state index contributed by atoms with van der Waals surface area (Å²) in [4.78, 5) is 35.1. The summed E-state index contributed by atoms with van der Waals surface area (Å²) >= 11 is 5.78. The number of carboxylic acids is 1. The summed E-state index contributed by atoms with van der Waals surface area (Å²) in [6.07, 6.45) is 3.99. The summed E-state index contributed by atoms with van der Waals surface area (Å²) in [6.45, 7) is 0.376. The molecule has 1 saturated carbocycles. The third kappa shape index (κ3) is 6.05.